The molecule has 0 aromatic heterocycles. The average Bonchev–Trinajstić information content (AvgIpc) is 2.46. The van der Waals surface area contributed by atoms with Gasteiger partial charge in [0, 0.05) is 25.4 Å². The second-order valence-electron chi connectivity index (χ2n) is 6.22. The molecule has 0 amide bonds. The number of benzene rings is 2. The first-order valence-corrected chi connectivity index (χ1v) is 9.42. The Morgan fingerprint density at radius 3 is 1.27 bits per heavy atom. The van der Waals surface area contributed by atoms with E-state index in [0.29, 0.717) is 0 Å². The largest absolute Gasteiger partial charge is 0.358 e. The summed E-state index contributed by atoms with van der Waals surface area (Å²) in [5, 5.41) is 0. The summed E-state index contributed by atoms with van der Waals surface area (Å²) in [5.74, 6) is 0. The maximum Gasteiger partial charge on any atom is 0.0804 e. The molecule has 5 heteroatoms. The van der Waals surface area contributed by atoms with Gasteiger partial charge in [0.25, 0.3) is 0 Å². The van der Waals surface area contributed by atoms with E-state index in [1.807, 2.05) is 13.8 Å². The Bertz CT molecular complexity index is 738. The maximum atomic E-state index is 4.80. The minimum absolute atomic E-state index is 0. The molecule has 0 fully saturated rings. The number of hydrogen-bond donors (Lipinski definition) is 0. The normalized spacial score (nSPS) is 11.7. The van der Waals surface area contributed by atoms with Gasteiger partial charge in [-0.1, -0.05) is 12.1 Å². The molecule has 2 nitrogen and oxygen atoms in total. The van der Waals surface area contributed by atoms with Crippen molar-refractivity contribution in [2.45, 2.75) is 41.5 Å². The van der Waals surface area contributed by atoms with Gasteiger partial charge in [-0.25, -0.2) is 0 Å². The van der Waals surface area contributed by atoms with Gasteiger partial charge in [-0.05, 0) is 108 Å². The summed E-state index contributed by atoms with van der Waals surface area (Å²) in [6, 6.07) is 8.46. The van der Waals surface area contributed by atoms with Crippen molar-refractivity contribution in [2.75, 3.05) is 0 Å². The van der Waals surface area contributed by atoms with E-state index in [-0.39, 0.29) is 23.9 Å². The molecule has 0 aliphatic rings. The Morgan fingerprint density at radius 2 is 1.00 bits per heavy atom. The van der Waals surface area contributed by atoms with Gasteiger partial charge in [-0.3, -0.25) is 9.98 Å². The van der Waals surface area contributed by atoms with Crippen molar-refractivity contribution in [1.82, 2.24) is 0 Å². The number of nitrogens with zero attached hydrogens (tertiary/aromatic N) is 2. The van der Waals surface area contributed by atoms with Crippen LogP contribution in [0.15, 0.2) is 43.2 Å². The molecule has 0 aliphatic carbocycles. The summed E-state index contributed by atoms with van der Waals surface area (Å²) >= 11 is 7.24. The molecule has 2 aromatic carbocycles. The van der Waals surface area contributed by atoms with E-state index in [4.69, 9.17) is 9.98 Å². The maximum absolute atomic E-state index is 4.80. The summed E-state index contributed by atoms with van der Waals surface area (Å²) < 4.78 is 2.03. The molecular formula is C21H25Br2N2Ni-. The minimum atomic E-state index is 0. The number of hydrogen-bond acceptors (Lipinski definition) is 2. The van der Waals surface area contributed by atoms with E-state index in [2.05, 4.69) is 83.8 Å². The fourth-order valence-corrected chi connectivity index (χ4v) is 4.12. The van der Waals surface area contributed by atoms with Crippen molar-refractivity contribution in [3.05, 3.63) is 62.9 Å². The number of aryl methyl sites for hydroxylation is 4. The molecule has 0 saturated heterocycles. The Labute approximate surface area is 184 Å². The topological polar surface area (TPSA) is 24.7 Å². The van der Waals surface area contributed by atoms with Crippen LogP contribution in [0.3, 0.4) is 0 Å². The summed E-state index contributed by atoms with van der Waals surface area (Å²) in [6.07, 6.45) is 0. The van der Waals surface area contributed by atoms with Crippen LogP contribution in [0.5, 0.6) is 0 Å². The first-order chi connectivity index (χ1) is 11.2. The number of rotatable bonds is 3. The van der Waals surface area contributed by atoms with Crippen molar-refractivity contribution >= 4 is 54.7 Å². The standard InChI is InChI=1S/C20H22Br2N2.CH3.Ni/c1-11-7-13(3)19(17(21)9-11)23-15(5)16(6)24-20-14(4)8-12(2)10-18(20)22;;/h7-10H,1-6H3;1H3;/q;-1;. The summed E-state index contributed by atoms with van der Waals surface area (Å²) in [5.41, 5.74) is 8.51. The SMILES string of the molecule is CC(=Nc1c(C)cc(C)cc1Br)C(C)=Nc1c(C)cc(C)cc1Br.[CH3-].[Ni]. The Morgan fingerprint density at radius 1 is 0.692 bits per heavy atom. The third-order valence-electron chi connectivity index (χ3n) is 3.88. The van der Waals surface area contributed by atoms with Crippen molar-refractivity contribution in [2.24, 2.45) is 9.98 Å². The van der Waals surface area contributed by atoms with Gasteiger partial charge >= 0.3 is 0 Å². The van der Waals surface area contributed by atoms with Crippen LogP contribution < -0.4 is 0 Å². The molecule has 0 N–H and O–H groups in total. The van der Waals surface area contributed by atoms with Gasteiger partial charge in [0.15, 0.2) is 0 Å². The molecule has 0 heterocycles. The monoisotopic (exact) mass is 521 g/mol. The molecule has 0 unspecified atom stereocenters. The third kappa shape index (κ3) is 6.14. The van der Waals surface area contributed by atoms with Gasteiger partial charge in [-0.2, -0.15) is 0 Å². The zero-order valence-electron chi connectivity index (χ0n) is 16.3. The third-order valence-corrected chi connectivity index (χ3v) is 5.09. The molecule has 0 radical (unpaired) electrons. The zero-order chi connectivity index (χ0) is 18.0. The molecule has 0 bridgehead atoms. The van der Waals surface area contributed by atoms with Gasteiger partial charge in [0.05, 0.1) is 22.8 Å². The fourth-order valence-electron chi connectivity index (χ4n) is 2.60. The fraction of sp³-hybridized carbons (Fsp3) is 0.286. The van der Waals surface area contributed by atoms with Crippen molar-refractivity contribution in [3.8, 4) is 0 Å². The van der Waals surface area contributed by atoms with E-state index in [0.717, 1.165) is 42.9 Å². The van der Waals surface area contributed by atoms with Crippen LogP contribution in [0.2, 0.25) is 0 Å². The zero-order valence-corrected chi connectivity index (χ0v) is 20.4. The molecule has 2 aromatic rings. The molecule has 144 valence electrons. The first kappa shape index (κ1) is 25.2. The van der Waals surface area contributed by atoms with Crippen molar-refractivity contribution in [3.63, 3.8) is 0 Å². The molecule has 0 spiro atoms. The number of aliphatic imine (C=N–C) groups is 2. The second-order valence-corrected chi connectivity index (χ2v) is 7.93. The molecular weight excluding hydrogens is 499 g/mol. The van der Waals surface area contributed by atoms with E-state index in [9.17, 15) is 0 Å². The van der Waals surface area contributed by atoms with Crippen LogP contribution in [-0.4, -0.2) is 11.4 Å². The van der Waals surface area contributed by atoms with Crippen molar-refractivity contribution < 1.29 is 16.5 Å². The molecule has 26 heavy (non-hydrogen) atoms. The van der Waals surface area contributed by atoms with E-state index in [1.165, 1.54) is 11.1 Å². The molecule has 2 rings (SSSR count). The van der Waals surface area contributed by atoms with E-state index >= 15 is 0 Å². The van der Waals surface area contributed by atoms with Gasteiger partial charge in [0.1, 0.15) is 0 Å². The smallest absolute Gasteiger partial charge is 0.0804 e. The predicted octanol–water partition coefficient (Wildman–Crippen LogP) is 7.78. The Balaban J connectivity index is 0.00000312. The summed E-state index contributed by atoms with van der Waals surface area (Å²) in [7, 11) is 0. The van der Waals surface area contributed by atoms with E-state index < -0.39 is 0 Å². The summed E-state index contributed by atoms with van der Waals surface area (Å²) in [6.45, 7) is 12.3. The van der Waals surface area contributed by atoms with Gasteiger partial charge < -0.3 is 7.43 Å². The van der Waals surface area contributed by atoms with Crippen molar-refractivity contribution in [1.29, 1.82) is 0 Å². The van der Waals surface area contributed by atoms with Crippen LogP contribution in [-0.2, 0) is 16.5 Å². The van der Waals surface area contributed by atoms with Crippen LogP contribution >= 0.6 is 31.9 Å². The molecule has 0 aliphatic heterocycles. The predicted molar refractivity (Wildman–Crippen MR) is 119 cm³/mol. The van der Waals surface area contributed by atoms with Crippen LogP contribution in [0.25, 0.3) is 0 Å². The second kappa shape index (κ2) is 10.5. The Hall–Kier alpha value is -0.766. The Kier molecular flexibility index (Phi) is 10.2. The van der Waals surface area contributed by atoms with Gasteiger partial charge in [-0.15, -0.1) is 0 Å². The number of halogens is 2. The molecule has 0 atom stereocenters. The first-order valence-electron chi connectivity index (χ1n) is 7.83. The summed E-state index contributed by atoms with van der Waals surface area (Å²) in [4.78, 5) is 9.59. The van der Waals surface area contributed by atoms with Crippen LogP contribution in [0, 0.1) is 35.1 Å². The minimum Gasteiger partial charge on any atom is -0.358 e. The van der Waals surface area contributed by atoms with Crippen LogP contribution in [0.1, 0.15) is 36.1 Å². The van der Waals surface area contributed by atoms with E-state index in [1.54, 1.807) is 0 Å². The quantitative estimate of drug-likeness (QED) is 0.223. The van der Waals surface area contributed by atoms with Crippen LogP contribution in [0.4, 0.5) is 11.4 Å². The average molecular weight is 524 g/mol. The van der Waals surface area contributed by atoms with Gasteiger partial charge in [0.2, 0.25) is 0 Å². The molecule has 0 saturated carbocycles.